The average Bonchev–Trinajstić information content (AvgIpc) is 3.07. The summed E-state index contributed by atoms with van der Waals surface area (Å²) in [5.41, 5.74) is 0.410. The van der Waals surface area contributed by atoms with Crippen LogP contribution in [0, 0.1) is 0 Å². The molecule has 0 aromatic carbocycles. The Hall–Kier alpha value is -1.00. The van der Waals surface area contributed by atoms with Crippen LogP contribution in [0.5, 0.6) is 0 Å². The Labute approximate surface area is 140 Å². The van der Waals surface area contributed by atoms with E-state index in [2.05, 4.69) is 10.6 Å². The molecule has 3 heterocycles. The SMILES string of the molecule is O=C(N[C@H]1CCCNC1)c1csc(S(=O)(=O)N2CCOCC2)c1. The minimum absolute atomic E-state index is 0.107. The molecule has 2 aliphatic rings. The van der Waals surface area contributed by atoms with Crippen molar-refractivity contribution in [3.05, 3.63) is 17.0 Å². The molecule has 1 atom stereocenters. The van der Waals surface area contributed by atoms with E-state index in [0.29, 0.717) is 31.9 Å². The summed E-state index contributed by atoms with van der Waals surface area (Å²) in [5.74, 6) is -0.210. The van der Waals surface area contributed by atoms with Crippen LogP contribution < -0.4 is 10.6 Å². The van der Waals surface area contributed by atoms with E-state index in [1.807, 2.05) is 0 Å². The standard InChI is InChI=1S/C14H21N3O4S2/c18-14(16-12-2-1-3-15-9-12)11-8-13(22-10-11)23(19,20)17-4-6-21-7-5-17/h8,10,12,15H,1-7,9H2,(H,16,18)/t12-/m0/s1. The number of ether oxygens (including phenoxy) is 1. The first-order chi connectivity index (χ1) is 11.1. The third-order valence-electron chi connectivity index (χ3n) is 4.03. The van der Waals surface area contributed by atoms with Crippen LogP contribution in [0.15, 0.2) is 15.7 Å². The van der Waals surface area contributed by atoms with Gasteiger partial charge in [-0.05, 0) is 25.5 Å². The summed E-state index contributed by atoms with van der Waals surface area (Å²) in [6.07, 6.45) is 1.98. The zero-order valence-electron chi connectivity index (χ0n) is 12.8. The van der Waals surface area contributed by atoms with Gasteiger partial charge in [-0.3, -0.25) is 4.79 Å². The lowest BCUT2D eigenvalue weighted by molar-refractivity contribution is 0.0731. The predicted molar refractivity (Wildman–Crippen MR) is 87.3 cm³/mol. The lowest BCUT2D eigenvalue weighted by Crippen LogP contribution is -2.45. The second-order valence-corrected chi connectivity index (χ2v) is 8.76. The van der Waals surface area contributed by atoms with Gasteiger partial charge in [0.15, 0.2) is 0 Å². The van der Waals surface area contributed by atoms with Gasteiger partial charge >= 0.3 is 0 Å². The first kappa shape index (κ1) is 16.8. The van der Waals surface area contributed by atoms with Crippen molar-refractivity contribution in [1.82, 2.24) is 14.9 Å². The molecule has 0 unspecified atom stereocenters. The number of thiophene rings is 1. The molecule has 1 aromatic heterocycles. The molecule has 1 aromatic rings. The number of sulfonamides is 1. The van der Waals surface area contributed by atoms with Gasteiger partial charge in [0, 0.05) is 31.1 Å². The van der Waals surface area contributed by atoms with Crippen LogP contribution in [0.4, 0.5) is 0 Å². The Kier molecular flexibility index (Phi) is 5.32. The zero-order valence-corrected chi connectivity index (χ0v) is 14.4. The number of carbonyl (C=O) groups is 1. The van der Waals surface area contributed by atoms with Gasteiger partial charge in [-0.1, -0.05) is 0 Å². The lowest BCUT2D eigenvalue weighted by atomic mass is 10.1. The van der Waals surface area contributed by atoms with Crippen LogP contribution in [0.1, 0.15) is 23.2 Å². The van der Waals surface area contributed by atoms with E-state index in [0.717, 1.165) is 37.3 Å². The number of amides is 1. The van der Waals surface area contributed by atoms with Crippen molar-refractivity contribution < 1.29 is 17.9 Å². The fourth-order valence-corrected chi connectivity index (χ4v) is 5.45. The molecule has 0 radical (unpaired) electrons. The number of hydrogen-bond acceptors (Lipinski definition) is 6. The van der Waals surface area contributed by atoms with Gasteiger partial charge in [0.05, 0.1) is 18.8 Å². The van der Waals surface area contributed by atoms with Crippen LogP contribution in [-0.4, -0.2) is 64.1 Å². The van der Waals surface area contributed by atoms with Crippen LogP contribution in [0.2, 0.25) is 0 Å². The third kappa shape index (κ3) is 3.92. The number of nitrogens with zero attached hydrogens (tertiary/aromatic N) is 1. The summed E-state index contributed by atoms with van der Waals surface area (Å²) < 4.78 is 31.9. The highest BCUT2D eigenvalue weighted by Crippen LogP contribution is 2.24. The summed E-state index contributed by atoms with van der Waals surface area (Å²) in [6, 6.07) is 1.58. The highest BCUT2D eigenvalue weighted by atomic mass is 32.2. The van der Waals surface area contributed by atoms with Gasteiger partial charge in [0.1, 0.15) is 4.21 Å². The van der Waals surface area contributed by atoms with Crippen LogP contribution in [0.25, 0.3) is 0 Å². The molecule has 2 aliphatic heterocycles. The van der Waals surface area contributed by atoms with Crippen molar-refractivity contribution in [2.75, 3.05) is 39.4 Å². The van der Waals surface area contributed by atoms with E-state index < -0.39 is 10.0 Å². The molecular weight excluding hydrogens is 338 g/mol. The van der Waals surface area contributed by atoms with Gasteiger partial charge in [-0.2, -0.15) is 4.31 Å². The quantitative estimate of drug-likeness (QED) is 0.805. The van der Waals surface area contributed by atoms with Gasteiger partial charge in [0.2, 0.25) is 0 Å². The van der Waals surface area contributed by atoms with Gasteiger partial charge in [0.25, 0.3) is 15.9 Å². The Morgan fingerprint density at radius 1 is 1.39 bits per heavy atom. The number of hydrogen-bond donors (Lipinski definition) is 2. The van der Waals surface area contributed by atoms with E-state index in [1.54, 1.807) is 5.38 Å². The average molecular weight is 359 g/mol. The third-order valence-corrected chi connectivity index (χ3v) is 7.35. The summed E-state index contributed by atoms with van der Waals surface area (Å²) in [7, 11) is -3.53. The molecule has 9 heteroatoms. The van der Waals surface area contributed by atoms with E-state index in [9.17, 15) is 13.2 Å². The summed E-state index contributed by atoms with van der Waals surface area (Å²) in [4.78, 5) is 12.3. The Morgan fingerprint density at radius 3 is 2.87 bits per heavy atom. The minimum Gasteiger partial charge on any atom is -0.379 e. The molecule has 2 saturated heterocycles. The van der Waals surface area contributed by atoms with E-state index in [1.165, 1.54) is 10.4 Å². The Balaban J connectivity index is 1.68. The van der Waals surface area contributed by atoms with Crippen molar-refractivity contribution in [2.45, 2.75) is 23.1 Å². The van der Waals surface area contributed by atoms with Crippen molar-refractivity contribution >= 4 is 27.3 Å². The summed E-state index contributed by atoms with van der Waals surface area (Å²) in [5, 5.41) is 7.80. The molecule has 0 spiro atoms. The molecule has 1 amide bonds. The number of nitrogens with one attached hydrogen (secondary N) is 2. The Bertz CT molecular complexity index is 647. The number of piperidine rings is 1. The van der Waals surface area contributed by atoms with Crippen molar-refractivity contribution in [3.8, 4) is 0 Å². The normalized spacial score (nSPS) is 23.6. The van der Waals surface area contributed by atoms with Crippen molar-refractivity contribution in [2.24, 2.45) is 0 Å². The number of morpholine rings is 1. The minimum atomic E-state index is -3.53. The molecule has 3 rings (SSSR count). The first-order valence-electron chi connectivity index (χ1n) is 7.75. The largest absolute Gasteiger partial charge is 0.379 e. The zero-order chi connectivity index (χ0) is 16.3. The maximum Gasteiger partial charge on any atom is 0.252 e. The molecule has 128 valence electrons. The maximum absolute atomic E-state index is 12.6. The molecular formula is C14H21N3O4S2. The smallest absolute Gasteiger partial charge is 0.252 e. The second-order valence-electron chi connectivity index (χ2n) is 5.69. The highest BCUT2D eigenvalue weighted by molar-refractivity contribution is 7.91. The monoisotopic (exact) mass is 359 g/mol. The van der Waals surface area contributed by atoms with Gasteiger partial charge < -0.3 is 15.4 Å². The molecule has 7 nitrogen and oxygen atoms in total. The Morgan fingerprint density at radius 2 is 2.17 bits per heavy atom. The molecule has 2 fully saturated rings. The predicted octanol–water partition coefficient (Wildman–Crippen LogP) is 0.251. The van der Waals surface area contributed by atoms with Crippen LogP contribution in [-0.2, 0) is 14.8 Å². The number of rotatable bonds is 4. The van der Waals surface area contributed by atoms with Crippen LogP contribution in [0.3, 0.4) is 0 Å². The van der Waals surface area contributed by atoms with Gasteiger partial charge in [-0.15, -0.1) is 11.3 Å². The van der Waals surface area contributed by atoms with Crippen molar-refractivity contribution in [3.63, 3.8) is 0 Å². The van der Waals surface area contributed by atoms with Crippen molar-refractivity contribution in [1.29, 1.82) is 0 Å². The second kappa shape index (κ2) is 7.27. The van der Waals surface area contributed by atoms with Gasteiger partial charge in [-0.25, -0.2) is 8.42 Å². The van der Waals surface area contributed by atoms with E-state index in [-0.39, 0.29) is 16.2 Å². The topological polar surface area (TPSA) is 87.7 Å². The van der Waals surface area contributed by atoms with E-state index in [4.69, 9.17) is 4.74 Å². The number of carbonyl (C=O) groups excluding carboxylic acids is 1. The molecule has 0 aliphatic carbocycles. The molecule has 2 N–H and O–H groups in total. The lowest BCUT2D eigenvalue weighted by Gasteiger charge is -2.25. The van der Waals surface area contributed by atoms with E-state index >= 15 is 0 Å². The molecule has 0 saturated carbocycles. The molecule has 0 bridgehead atoms. The van der Waals surface area contributed by atoms with Crippen LogP contribution >= 0.6 is 11.3 Å². The highest BCUT2D eigenvalue weighted by Gasteiger charge is 2.28. The molecule has 23 heavy (non-hydrogen) atoms. The summed E-state index contributed by atoms with van der Waals surface area (Å²) >= 11 is 1.09. The fraction of sp³-hybridized carbons (Fsp3) is 0.643. The first-order valence-corrected chi connectivity index (χ1v) is 10.1. The maximum atomic E-state index is 12.6. The fourth-order valence-electron chi connectivity index (χ4n) is 2.73. The summed E-state index contributed by atoms with van der Waals surface area (Å²) in [6.45, 7) is 3.27.